The van der Waals surface area contributed by atoms with E-state index in [1.54, 1.807) is 0 Å². The Bertz CT molecular complexity index is 466. The number of aliphatic hydroxyl groups is 2. The molecule has 1 aromatic rings. The van der Waals surface area contributed by atoms with E-state index in [-0.39, 0.29) is 23.4 Å². The second kappa shape index (κ2) is 8.65. The summed E-state index contributed by atoms with van der Waals surface area (Å²) in [4.78, 5) is 0. The fourth-order valence-electron chi connectivity index (χ4n) is 3.60. The zero-order valence-electron chi connectivity index (χ0n) is 15.3. The Morgan fingerprint density at radius 2 is 1.78 bits per heavy atom. The van der Waals surface area contributed by atoms with Crippen LogP contribution in [0.1, 0.15) is 52.5 Å². The predicted molar refractivity (Wildman–Crippen MR) is 98.3 cm³/mol. The number of hydrogen-bond donors (Lipinski definition) is 2. The van der Waals surface area contributed by atoms with Gasteiger partial charge in [0.2, 0.25) is 0 Å². The van der Waals surface area contributed by atoms with Crippen LogP contribution in [0.25, 0.3) is 0 Å². The highest BCUT2D eigenvalue weighted by atomic mass is 16.3. The van der Waals surface area contributed by atoms with Crippen molar-refractivity contribution in [3.63, 3.8) is 0 Å². The molecule has 2 nitrogen and oxygen atoms in total. The molecule has 0 spiro atoms. The number of benzene rings is 1. The van der Waals surface area contributed by atoms with E-state index < -0.39 is 6.10 Å². The number of hydrogen-bond acceptors (Lipinski definition) is 2. The van der Waals surface area contributed by atoms with Crippen molar-refractivity contribution >= 4 is 0 Å². The zero-order chi connectivity index (χ0) is 17.5. The van der Waals surface area contributed by atoms with Gasteiger partial charge in [-0.1, -0.05) is 70.5 Å². The normalized spacial score (nSPS) is 17.3. The predicted octanol–water partition coefficient (Wildman–Crippen LogP) is 4.61. The molecule has 1 rings (SSSR count). The molecule has 0 saturated carbocycles. The van der Waals surface area contributed by atoms with E-state index in [0.717, 1.165) is 19.3 Å². The minimum atomic E-state index is -0.495. The maximum absolute atomic E-state index is 10.7. The highest BCUT2D eigenvalue weighted by Gasteiger charge is 2.39. The third-order valence-electron chi connectivity index (χ3n) is 5.35. The summed E-state index contributed by atoms with van der Waals surface area (Å²) < 4.78 is 0. The number of aliphatic hydroxyl groups excluding tert-OH is 2. The lowest BCUT2D eigenvalue weighted by Crippen LogP contribution is -2.41. The fraction of sp³-hybridized carbons (Fsp3) is 0.619. The summed E-state index contributed by atoms with van der Waals surface area (Å²) in [6, 6.07) is 10.2. The average molecular weight is 319 g/mol. The van der Waals surface area contributed by atoms with Gasteiger partial charge in [0, 0.05) is 12.5 Å². The molecule has 1 aromatic carbocycles. The first kappa shape index (κ1) is 19.9. The first-order valence-corrected chi connectivity index (χ1v) is 8.74. The van der Waals surface area contributed by atoms with Crippen LogP contribution in [0, 0.1) is 16.7 Å². The van der Waals surface area contributed by atoms with Gasteiger partial charge in [-0.15, -0.1) is 6.58 Å². The van der Waals surface area contributed by atoms with Crippen LogP contribution in [-0.2, 0) is 6.42 Å². The molecule has 3 atom stereocenters. The van der Waals surface area contributed by atoms with Crippen molar-refractivity contribution in [1.82, 2.24) is 0 Å². The van der Waals surface area contributed by atoms with Crippen molar-refractivity contribution in [3.05, 3.63) is 48.6 Å². The smallest absolute Gasteiger partial charge is 0.0598 e. The van der Waals surface area contributed by atoms with Crippen molar-refractivity contribution < 1.29 is 10.2 Å². The molecule has 0 heterocycles. The molecule has 0 aromatic heterocycles. The van der Waals surface area contributed by atoms with Crippen LogP contribution in [0.5, 0.6) is 0 Å². The van der Waals surface area contributed by atoms with Gasteiger partial charge in [0.1, 0.15) is 0 Å². The molecule has 3 unspecified atom stereocenters. The number of rotatable bonds is 10. The summed E-state index contributed by atoms with van der Waals surface area (Å²) in [7, 11) is 0. The topological polar surface area (TPSA) is 40.5 Å². The fourth-order valence-corrected chi connectivity index (χ4v) is 3.60. The highest BCUT2D eigenvalue weighted by Crippen LogP contribution is 2.44. The zero-order valence-corrected chi connectivity index (χ0v) is 15.3. The Kier molecular flexibility index (Phi) is 7.50. The molecule has 0 aliphatic carbocycles. The molecular weight excluding hydrogens is 284 g/mol. The van der Waals surface area contributed by atoms with Crippen LogP contribution in [0.15, 0.2) is 43.0 Å². The van der Waals surface area contributed by atoms with E-state index in [2.05, 4.69) is 46.4 Å². The van der Waals surface area contributed by atoms with E-state index in [4.69, 9.17) is 0 Å². The molecule has 2 heteroatoms. The lowest BCUT2D eigenvalue weighted by Gasteiger charge is -2.43. The molecular formula is C21H34O2. The van der Waals surface area contributed by atoms with Crippen LogP contribution in [0.4, 0.5) is 0 Å². The van der Waals surface area contributed by atoms with Gasteiger partial charge in [-0.05, 0) is 35.7 Å². The monoisotopic (exact) mass is 318 g/mol. The van der Waals surface area contributed by atoms with Crippen LogP contribution in [0.3, 0.4) is 0 Å². The van der Waals surface area contributed by atoms with Crippen LogP contribution < -0.4 is 0 Å². The Labute approximate surface area is 142 Å². The molecule has 0 bridgehead atoms. The molecule has 23 heavy (non-hydrogen) atoms. The van der Waals surface area contributed by atoms with Crippen molar-refractivity contribution in [2.45, 2.75) is 59.5 Å². The lowest BCUT2D eigenvalue weighted by atomic mass is 9.64. The largest absolute Gasteiger partial charge is 0.396 e. The quantitative estimate of drug-likeness (QED) is 0.619. The average Bonchev–Trinajstić information content (AvgIpc) is 2.54. The van der Waals surface area contributed by atoms with Gasteiger partial charge in [-0.3, -0.25) is 0 Å². The molecule has 0 saturated heterocycles. The minimum Gasteiger partial charge on any atom is -0.396 e. The van der Waals surface area contributed by atoms with Crippen LogP contribution in [0.2, 0.25) is 0 Å². The summed E-state index contributed by atoms with van der Waals surface area (Å²) in [6.07, 6.45) is 4.84. The van der Waals surface area contributed by atoms with Crippen molar-refractivity contribution in [2.24, 2.45) is 16.7 Å². The summed E-state index contributed by atoms with van der Waals surface area (Å²) >= 11 is 0. The molecule has 0 amide bonds. The summed E-state index contributed by atoms with van der Waals surface area (Å²) in [5.74, 6) is -0.115. The summed E-state index contributed by atoms with van der Waals surface area (Å²) in [5, 5.41) is 20.7. The molecule has 0 aliphatic heterocycles. The number of allylic oxidation sites excluding steroid dienone is 1. The van der Waals surface area contributed by atoms with Crippen LogP contribution in [-0.4, -0.2) is 22.9 Å². The number of aryl methyl sites for hydroxylation is 1. The maximum atomic E-state index is 10.7. The molecule has 2 N–H and O–H groups in total. The van der Waals surface area contributed by atoms with Gasteiger partial charge in [0.05, 0.1) is 6.10 Å². The first-order chi connectivity index (χ1) is 10.8. The van der Waals surface area contributed by atoms with E-state index in [9.17, 15) is 10.2 Å². The van der Waals surface area contributed by atoms with Gasteiger partial charge in [0.15, 0.2) is 0 Å². The van der Waals surface area contributed by atoms with Gasteiger partial charge in [-0.2, -0.15) is 0 Å². The summed E-state index contributed by atoms with van der Waals surface area (Å²) in [6.45, 7) is 12.6. The van der Waals surface area contributed by atoms with Gasteiger partial charge in [0.25, 0.3) is 0 Å². The Morgan fingerprint density at radius 3 is 2.26 bits per heavy atom. The second-order valence-corrected chi connectivity index (χ2v) is 7.76. The third kappa shape index (κ3) is 5.78. The van der Waals surface area contributed by atoms with Gasteiger partial charge >= 0.3 is 0 Å². The highest BCUT2D eigenvalue weighted by molar-refractivity contribution is 5.14. The second-order valence-electron chi connectivity index (χ2n) is 7.76. The Balaban J connectivity index is 2.79. The van der Waals surface area contributed by atoms with Gasteiger partial charge < -0.3 is 10.2 Å². The van der Waals surface area contributed by atoms with E-state index in [1.165, 1.54) is 5.56 Å². The Hall–Kier alpha value is -1.12. The molecule has 0 aliphatic rings. The SMILES string of the molecule is C=CC(C)(C)CC(C)(CC)C(CO)C(O)CCc1ccccc1. The molecule has 0 fully saturated rings. The lowest BCUT2D eigenvalue weighted by molar-refractivity contribution is -0.0308. The first-order valence-electron chi connectivity index (χ1n) is 8.74. The van der Waals surface area contributed by atoms with E-state index in [0.29, 0.717) is 6.42 Å². The van der Waals surface area contributed by atoms with Crippen molar-refractivity contribution in [1.29, 1.82) is 0 Å². The van der Waals surface area contributed by atoms with Crippen molar-refractivity contribution in [2.75, 3.05) is 6.61 Å². The Morgan fingerprint density at radius 1 is 1.17 bits per heavy atom. The molecule has 130 valence electrons. The van der Waals surface area contributed by atoms with Crippen LogP contribution >= 0.6 is 0 Å². The van der Waals surface area contributed by atoms with Gasteiger partial charge in [-0.25, -0.2) is 0 Å². The standard InChI is InChI=1S/C21H34O2/c1-6-20(3,4)16-21(5,7-2)18(15-22)19(23)14-13-17-11-9-8-10-12-17/h6,8-12,18-19,22-23H,1,7,13-16H2,2-5H3. The minimum absolute atomic E-state index is 0.00265. The van der Waals surface area contributed by atoms with Crippen molar-refractivity contribution in [3.8, 4) is 0 Å². The van der Waals surface area contributed by atoms with E-state index >= 15 is 0 Å². The summed E-state index contributed by atoms with van der Waals surface area (Å²) in [5.41, 5.74) is 1.12. The third-order valence-corrected chi connectivity index (χ3v) is 5.35. The maximum Gasteiger partial charge on any atom is 0.0598 e. The molecule has 0 radical (unpaired) electrons. The van der Waals surface area contributed by atoms with E-state index in [1.807, 2.05) is 24.3 Å².